The number of hydrogen-bond donors (Lipinski definition) is 2. The number of benzene rings is 2. The van der Waals surface area contributed by atoms with Crippen LogP contribution in [0.5, 0.6) is 0 Å². The lowest BCUT2D eigenvalue weighted by atomic mass is 9.87. The number of alkyl carbamates (subject to hydrolysis) is 1. The molecule has 1 heterocycles. The molecule has 0 aromatic heterocycles. The van der Waals surface area contributed by atoms with Crippen LogP contribution in [0, 0.1) is 10.1 Å². The molecule has 4 rings (SSSR count). The molecule has 0 bridgehead atoms. The predicted molar refractivity (Wildman–Crippen MR) is 127 cm³/mol. The molecule has 8 heteroatoms. The number of nitrogens with one attached hydrogen (secondary N) is 2. The number of ether oxygens (including phenoxy) is 1. The lowest BCUT2D eigenvalue weighted by Gasteiger charge is -2.46. The maximum absolute atomic E-state index is 12.6. The Bertz CT molecular complexity index is 916. The van der Waals surface area contributed by atoms with Gasteiger partial charge in [-0.1, -0.05) is 43.2 Å². The van der Waals surface area contributed by atoms with Crippen molar-refractivity contribution in [3.8, 4) is 0 Å². The monoisotopic (exact) mass is 452 g/mol. The van der Waals surface area contributed by atoms with E-state index in [1.54, 1.807) is 12.1 Å². The van der Waals surface area contributed by atoms with Crippen LogP contribution in [0.2, 0.25) is 0 Å². The first-order chi connectivity index (χ1) is 16.1. The molecule has 1 amide bonds. The van der Waals surface area contributed by atoms with Crippen molar-refractivity contribution >= 4 is 17.5 Å². The van der Waals surface area contributed by atoms with Crippen LogP contribution in [-0.4, -0.2) is 42.2 Å². The Morgan fingerprint density at radius 1 is 1.06 bits per heavy atom. The number of piperidine rings is 1. The van der Waals surface area contributed by atoms with E-state index in [1.807, 2.05) is 42.5 Å². The smallest absolute Gasteiger partial charge is 0.407 e. The number of hydrogen-bond acceptors (Lipinski definition) is 6. The summed E-state index contributed by atoms with van der Waals surface area (Å²) in [6.07, 6.45) is 5.71. The molecule has 1 aliphatic heterocycles. The van der Waals surface area contributed by atoms with Gasteiger partial charge in [0.1, 0.15) is 6.61 Å². The van der Waals surface area contributed by atoms with E-state index in [0.717, 1.165) is 62.9 Å². The molecule has 2 aliphatic rings. The van der Waals surface area contributed by atoms with Crippen LogP contribution < -0.4 is 15.5 Å². The summed E-state index contributed by atoms with van der Waals surface area (Å²) in [7, 11) is 0. The van der Waals surface area contributed by atoms with Crippen LogP contribution in [-0.2, 0) is 11.3 Å². The average molecular weight is 453 g/mol. The largest absolute Gasteiger partial charge is 0.445 e. The Hall–Kier alpha value is -3.13. The fourth-order valence-corrected chi connectivity index (χ4v) is 5.02. The maximum atomic E-state index is 12.6. The van der Waals surface area contributed by atoms with Crippen LogP contribution in [0.4, 0.5) is 16.2 Å². The van der Waals surface area contributed by atoms with Crippen molar-refractivity contribution in [2.24, 2.45) is 0 Å². The summed E-state index contributed by atoms with van der Waals surface area (Å²) < 4.78 is 5.50. The van der Waals surface area contributed by atoms with Gasteiger partial charge in [0.15, 0.2) is 0 Å². The highest BCUT2D eigenvalue weighted by Gasteiger charge is 2.36. The van der Waals surface area contributed by atoms with E-state index in [2.05, 4.69) is 15.5 Å². The zero-order chi connectivity index (χ0) is 23.0. The van der Waals surface area contributed by atoms with Gasteiger partial charge >= 0.3 is 6.09 Å². The summed E-state index contributed by atoms with van der Waals surface area (Å²) in [5, 5.41) is 17.8. The molecular formula is C25H32N4O4. The first-order valence-electron chi connectivity index (χ1n) is 11.8. The van der Waals surface area contributed by atoms with Gasteiger partial charge in [0.25, 0.3) is 5.69 Å². The second kappa shape index (κ2) is 11.1. The van der Waals surface area contributed by atoms with Crippen molar-refractivity contribution in [3.05, 3.63) is 70.3 Å². The highest BCUT2D eigenvalue weighted by Crippen LogP contribution is 2.32. The molecule has 33 heavy (non-hydrogen) atoms. The van der Waals surface area contributed by atoms with E-state index in [9.17, 15) is 14.9 Å². The molecule has 2 N–H and O–H groups in total. The van der Waals surface area contributed by atoms with E-state index in [1.165, 1.54) is 0 Å². The van der Waals surface area contributed by atoms with E-state index in [0.29, 0.717) is 0 Å². The average Bonchev–Trinajstić information content (AvgIpc) is 2.86. The van der Waals surface area contributed by atoms with Crippen molar-refractivity contribution < 1.29 is 14.5 Å². The van der Waals surface area contributed by atoms with Crippen molar-refractivity contribution in [1.82, 2.24) is 10.6 Å². The molecule has 2 aromatic carbocycles. The number of nitro groups is 1. The number of amides is 1. The van der Waals surface area contributed by atoms with Gasteiger partial charge in [0, 0.05) is 36.4 Å². The Morgan fingerprint density at radius 3 is 2.52 bits per heavy atom. The molecule has 1 aliphatic carbocycles. The fraction of sp³-hybridized carbons (Fsp3) is 0.480. The number of non-ortho nitro benzene ring substituents is 1. The molecule has 1 saturated carbocycles. The van der Waals surface area contributed by atoms with Crippen molar-refractivity contribution in [2.45, 2.75) is 63.3 Å². The Labute approximate surface area is 194 Å². The van der Waals surface area contributed by atoms with Gasteiger partial charge < -0.3 is 20.3 Å². The zero-order valence-corrected chi connectivity index (χ0v) is 18.8. The topological polar surface area (TPSA) is 96.7 Å². The summed E-state index contributed by atoms with van der Waals surface area (Å²) in [4.78, 5) is 25.8. The third-order valence-corrected chi connectivity index (χ3v) is 6.63. The molecule has 176 valence electrons. The number of nitro benzene ring substituents is 1. The van der Waals surface area contributed by atoms with Gasteiger partial charge in [-0.3, -0.25) is 10.1 Å². The van der Waals surface area contributed by atoms with E-state index in [4.69, 9.17) is 4.74 Å². The number of nitrogens with zero attached hydrogens (tertiary/aromatic N) is 2. The van der Waals surface area contributed by atoms with Crippen molar-refractivity contribution in [1.29, 1.82) is 0 Å². The number of anilines is 1. The van der Waals surface area contributed by atoms with Gasteiger partial charge in [0.2, 0.25) is 0 Å². The Balaban J connectivity index is 1.50. The van der Waals surface area contributed by atoms with Crippen LogP contribution in [0.1, 0.15) is 44.1 Å². The molecule has 3 atom stereocenters. The minimum Gasteiger partial charge on any atom is -0.445 e. The molecule has 0 radical (unpaired) electrons. The predicted octanol–water partition coefficient (Wildman–Crippen LogP) is 4.39. The van der Waals surface area contributed by atoms with Crippen LogP contribution in [0.15, 0.2) is 54.6 Å². The lowest BCUT2D eigenvalue weighted by Crippen LogP contribution is -2.59. The highest BCUT2D eigenvalue weighted by molar-refractivity contribution is 5.68. The Morgan fingerprint density at radius 2 is 1.82 bits per heavy atom. The molecule has 8 nitrogen and oxygen atoms in total. The molecule has 0 spiro atoms. The summed E-state index contributed by atoms with van der Waals surface area (Å²) in [5.41, 5.74) is 2.00. The minimum atomic E-state index is -0.402. The number of carbonyl (C=O) groups is 1. The maximum Gasteiger partial charge on any atom is 0.407 e. The van der Waals surface area contributed by atoms with E-state index in [-0.39, 0.29) is 35.3 Å². The van der Waals surface area contributed by atoms with Gasteiger partial charge in [0.05, 0.1) is 11.0 Å². The SMILES string of the molecule is O=C(N[C@@H]1CCCC[C@H]1N(c1ccc([N+](=O)[O-])cc1)[C@H]1CCCNC1)OCc1ccccc1. The lowest BCUT2D eigenvalue weighted by molar-refractivity contribution is -0.384. The second-order valence-electron chi connectivity index (χ2n) is 8.85. The molecular weight excluding hydrogens is 420 g/mol. The van der Waals surface area contributed by atoms with Gasteiger partial charge in [-0.15, -0.1) is 0 Å². The summed E-state index contributed by atoms with van der Waals surface area (Å²) in [6, 6.07) is 16.8. The third kappa shape index (κ3) is 6.01. The first kappa shape index (κ1) is 23.0. The van der Waals surface area contributed by atoms with Crippen LogP contribution in [0.3, 0.4) is 0 Å². The standard InChI is InChI=1S/C25H32N4O4/c30-25(33-18-19-7-2-1-3-8-19)27-23-10-4-5-11-24(23)28(22-9-6-16-26-17-22)20-12-14-21(15-13-20)29(31)32/h1-3,7-8,12-15,22-24,26H,4-6,9-11,16-18H2,(H,27,30)/t22-,23+,24+/m0/s1. The molecule has 1 saturated heterocycles. The van der Waals surface area contributed by atoms with Crippen molar-refractivity contribution in [3.63, 3.8) is 0 Å². The number of rotatable bonds is 7. The quantitative estimate of drug-likeness (QED) is 0.478. The van der Waals surface area contributed by atoms with E-state index >= 15 is 0 Å². The van der Waals surface area contributed by atoms with Gasteiger partial charge in [-0.05, 0) is 49.9 Å². The number of carbonyl (C=O) groups excluding carboxylic acids is 1. The van der Waals surface area contributed by atoms with Crippen molar-refractivity contribution in [2.75, 3.05) is 18.0 Å². The molecule has 2 fully saturated rings. The fourth-order valence-electron chi connectivity index (χ4n) is 5.02. The zero-order valence-electron chi connectivity index (χ0n) is 18.8. The second-order valence-corrected chi connectivity index (χ2v) is 8.85. The van der Waals surface area contributed by atoms with Crippen LogP contribution >= 0.6 is 0 Å². The minimum absolute atomic E-state index is 0.0425. The highest BCUT2D eigenvalue weighted by atomic mass is 16.6. The van der Waals surface area contributed by atoms with E-state index < -0.39 is 6.09 Å². The summed E-state index contributed by atoms with van der Waals surface area (Å²) in [6.45, 7) is 2.10. The molecule has 2 aromatic rings. The normalized spacial score (nSPS) is 22.8. The van der Waals surface area contributed by atoms with Gasteiger partial charge in [-0.2, -0.15) is 0 Å². The first-order valence-corrected chi connectivity index (χ1v) is 11.8. The van der Waals surface area contributed by atoms with Gasteiger partial charge in [-0.25, -0.2) is 4.79 Å². The molecule has 0 unspecified atom stereocenters. The summed E-state index contributed by atoms with van der Waals surface area (Å²) >= 11 is 0. The third-order valence-electron chi connectivity index (χ3n) is 6.63. The Kier molecular flexibility index (Phi) is 7.78. The van der Waals surface area contributed by atoms with Crippen LogP contribution in [0.25, 0.3) is 0 Å². The summed E-state index contributed by atoms with van der Waals surface area (Å²) in [5.74, 6) is 0.